The van der Waals surface area contributed by atoms with E-state index in [-0.39, 0.29) is 25.3 Å². The Kier molecular flexibility index (Phi) is 10.1. The van der Waals surface area contributed by atoms with Gasteiger partial charge in [0.25, 0.3) is 0 Å². The van der Waals surface area contributed by atoms with Gasteiger partial charge in [0.15, 0.2) is 0 Å². The molecule has 0 spiro atoms. The lowest BCUT2D eigenvalue weighted by Gasteiger charge is -2.23. The van der Waals surface area contributed by atoms with Gasteiger partial charge in [0.2, 0.25) is 0 Å². The van der Waals surface area contributed by atoms with E-state index in [1.54, 1.807) is 30.3 Å². The quantitative estimate of drug-likeness (QED) is 0.175. The molecule has 210 valence electrons. The Morgan fingerprint density at radius 1 is 0.769 bits per heavy atom. The van der Waals surface area contributed by atoms with Crippen molar-refractivity contribution in [1.29, 1.82) is 0 Å². The normalized spacial score (nSPS) is 12.3. The van der Waals surface area contributed by atoms with E-state index >= 15 is 0 Å². The van der Waals surface area contributed by atoms with Gasteiger partial charge in [0.05, 0.1) is 6.16 Å². The van der Waals surface area contributed by atoms with Gasteiger partial charge in [-0.25, -0.2) is 4.79 Å². The number of benzene rings is 3. The zero-order valence-corrected chi connectivity index (χ0v) is 21.8. The maximum atomic E-state index is 14.0. The summed E-state index contributed by atoms with van der Waals surface area (Å²) in [6, 6.07) is 18.7. The van der Waals surface area contributed by atoms with Crippen LogP contribution in [0, 0.1) is 0 Å². The molecule has 39 heavy (non-hydrogen) atoms. The average molecular weight is 591 g/mol. The third kappa shape index (κ3) is 8.22. The largest absolute Gasteiger partial charge is 0.445 e. The van der Waals surface area contributed by atoms with Crippen LogP contribution in [-0.2, 0) is 54.8 Å². The van der Waals surface area contributed by atoms with Crippen molar-refractivity contribution >= 4 is 21.3 Å². The van der Waals surface area contributed by atoms with Crippen LogP contribution in [0.15, 0.2) is 78.9 Å². The van der Waals surface area contributed by atoms with E-state index in [4.69, 9.17) is 14.5 Å². The van der Waals surface area contributed by atoms with Crippen LogP contribution >= 0.6 is 15.2 Å². The van der Waals surface area contributed by atoms with Crippen molar-refractivity contribution in [1.82, 2.24) is 4.90 Å². The number of carbonyl (C=O) groups is 1. The molecule has 0 unspecified atom stereocenters. The third-order valence-electron chi connectivity index (χ3n) is 5.49. The number of nitrogens with zero attached hydrogens (tertiary/aromatic N) is 1. The monoisotopic (exact) mass is 591 g/mol. The van der Waals surface area contributed by atoms with E-state index in [2.05, 4.69) is 9.46 Å². The topological polar surface area (TPSA) is 123 Å². The number of hydrogen-bond acceptors (Lipinski definition) is 6. The van der Waals surface area contributed by atoms with E-state index in [1.807, 2.05) is 0 Å². The first kappa shape index (κ1) is 30.5. The van der Waals surface area contributed by atoms with Crippen molar-refractivity contribution in [2.24, 2.45) is 0 Å². The predicted octanol–water partition coefficient (Wildman–Crippen LogP) is 6.75. The predicted molar refractivity (Wildman–Crippen MR) is 130 cm³/mol. The third-order valence-corrected chi connectivity index (χ3v) is 7.65. The summed E-state index contributed by atoms with van der Waals surface area (Å²) < 4.78 is 87.1. The summed E-state index contributed by atoms with van der Waals surface area (Å²) in [6.45, 7) is -0.229. The molecule has 2 N–H and O–H groups in total. The van der Waals surface area contributed by atoms with Crippen molar-refractivity contribution in [3.8, 4) is 0 Å². The summed E-state index contributed by atoms with van der Waals surface area (Å²) in [4.78, 5) is 32.1. The molecule has 3 aromatic carbocycles. The van der Waals surface area contributed by atoms with Crippen LogP contribution in [-0.4, -0.2) is 20.8 Å². The van der Waals surface area contributed by atoms with Gasteiger partial charge in [-0.15, -0.1) is 9.46 Å². The molecule has 1 amide bonds. The van der Waals surface area contributed by atoms with Crippen molar-refractivity contribution in [2.45, 2.75) is 31.5 Å². The zero-order valence-electron chi connectivity index (χ0n) is 20.0. The Labute approximate surface area is 220 Å². The number of hydrogen-bond donors (Lipinski definition) is 2. The number of rotatable bonds is 12. The first-order valence-corrected chi connectivity index (χ1v) is 14.5. The molecule has 0 aliphatic rings. The van der Waals surface area contributed by atoms with Crippen LogP contribution in [0.5, 0.6) is 0 Å². The standard InChI is InChI=1S/C24H23F4NO8P2/c25-24(26,39(32,33)34)22-12-10-19(11-13-22)15-29(23(30)35-16-20-4-2-1-3-5-20)14-18-6-8-21(9-7-18)17-38(31,36-27)37-28/h1-13H,14-17H2,(H2,32,33,34). The molecule has 0 radical (unpaired) electrons. The average Bonchev–Trinajstić information content (AvgIpc) is 2.92. The molecule has 0 aliphatic heterocycles. The lowest BCUT2D eigenvalue weighted by atomic mass is 10.1. The number of carbonyl (C=O) groups excluding carboxylic acids is 1. The van der Waals surface area contributed by atoms with Gasteiger partial charge in [-0.05, 0) is 31.3 Å². The van der Waals surface area contributed by atoms with Crippen LogP contribution in [0.25, 0.3) is 0 Å². The van der Waals surface area contributed by atoms with Crippen molar-refractivity contribution in [2.75, 3.05) is 0 Å². The highest BCUT2D eigenvalue weighted by Crippen LogP contribution is 2.59. The van der Waals surface area contributed by atoms with Gasteiger partial charge in [-0.3, -0.25) is 14.0 Å². The first-order valence-electron chi connectivity index (χ1n) is 11.1. The summed E-state index contributed by atoms with van der Waals surface area (Å²) >= 11 is 0. The minimum Gasteiger partial charge on any atom is -0.445 e. The fourth-order valence-electron chi connectivity index (χ4n) is 3.45. The second-order valence-corrected chi connectivity index (χ2v) is 11.9. The Hall–Kier alpha value is -3.05. The highest BCUT2D eigenvalue weighted by molar-refractivity contribution is 7.52. The highest BCUT2D eigenvalue weighted by Gasteiger charge is 2.50. The van der Waals surface area contributed by atoms with Crippen LogP contribution in [0.2, 0.25) is 0 Å². The number of alkyl halides is 2. The van der Waals surface area contributed by atoms with Gasteiger partial charge in [-0.2, -0.15) is 8.78 Å². The van der Waals surface area contributed by atoms with Gasteiger partial charge in [-0.1, -0.05) is 78.9 Å². The molecular formula is C24H23F4NO8P2. The summed E-state index contributed by atoms with van der Waals surface area (Å²) in [5.74, 6) is 0. The first-order chi connectivity index (χ1) is 18.4. The van der Waals surface area contributed by atoms with Crippen LogP contribution in [0.3, 0.4) is 0 Å². The maximum Gasteiger partial charge on any atom is 0.410 e. The van der Waals surface area contributed by atoms with Crippen LogP contribution < -0.4 is 0 Å². The van der Waals surface area contributed by atoms with Gasteiger partial charge < -0.3 is 14.5 Å². The molecule has 0 bridgehead atoms. The Morgan fingerprint density at radius 3 is 1.74 bits per heavy atom. The molecule has 0 fully saturated rings. The summed E-state index contributed by atoms with van der Waals surface area (Å²) in [5, 5.41) is 0. The van der Waals surface area contributed by atoms with Gasteiger partial charge >= 0.3 is 26.9 Å². The highest BCUT2D eigenvalue weighted by atomic mass is 31.2. The second-order valence-electron chi connectivity index (χ2n) is 8.40. The van der Waals surface area contributed by atoms with E-state index in [1.165, 1.54) is 41.3 Å². The molecule has 0 aliphatic carbocycles. The molecule has 0 heterocycles. The lowest BCUT2D eigenvalue weighted by molar-refractivity contribution is -0.0881. The Bertz CT molecular complexity index is 1330. The lowest BCUT2D eigenvalue weighted by Crippen LogP contribution is -2.30. The minimum absolute atomic E-state index is 0.0504. The fourth-order valence-corrected chi connectivity index (χ4v) is 4.71. The summed E-state index contributed by atoms with van der Waals surface area (Å²) in [5.41, 5.74) is -3.45. The molecule has 15 heteroatoms. The fraction of sp³-hybridized carbons (Fsp3) is 0.208. The van der Waals surface area contributed by atoms with E-state index in [0.29, 0.717) is 16.7 Å². The van der Waals surface area contributed by atoms with E-state index < -0.39 is 38.7 Å². The molecular weight excluding hydrogens is 568 g/mol. The SMILES string of the molecule is O=C(OCc1ccccc1)N(Cc1ccc(CP(=O)(OF)OF)cc1)Cc1ccc(C(F)(F)P(=O)(O)O)cc1. The molecule has 3 rings (SSSR count). The van der Waals surface area contributed by atoms with Crippen LogP contribution in [0.1, 0.15) is 27.8 Å². The molecule has 0 atom stereocenters. The number of ether oxygens (including phenoxy) is 1. The van der Waals surface area contributed by atoms with E-state index in [0.717, 1.165) is 12.1 Å². The van der Waals surface area contributed by atoms with Crippen molar-refractivity contribution in [3.05, 3.63) is 107 Å². The maximum absolute atomic E-state index is 14.0. The van der Waals surface area contributed by atoms with Crippen molar-refractivity contribution in [3.63, 3.8) is 0 Å². The Morgan fingerprint density at radius 2 is 1.26 bits per heavy atom. The van der Waals surface area contributed by atoms with Crippen LogP contribution in [0.4, 0.5) is 22.6 Å². The summed E-state index contributed by atoms with van der Waals surface area (Å²) in [6.07, 6.45) is -1.44. The minimum atomic E-state index is -5.75. The van der Waals surface area contributed by atoms with Gasteiger partial charge in [0.1, 0.15) is 6.61 Å². The molecule has 3 aromatic rings. The van der Waals surface area contributed by atoms with Crippen molar-refractivity contribution < 1.29 is 55.7 Å². The number of halogens is 4. The molecule has 0 aromatic heterocycles. The second kappa shape index (κ2) is 12.9. The molecule has 9 nitrogen and oxygen atoms in total. The Balaban J connectivity index is 1.79. The summed E-state index contributed by atoms with van der Waals surface area (Å²) in [7, 11) is -10.3. The smallest absolute Gasteiger partial charge is 0.410 e. The van der Waals surface area contributed by atoms with Gasteiger partial charge in [0, 0.05) is 18.7 Å². The molecule has 0 saturated carbocycles. The molecule has 0 saturated heterocycles. The number of amides is 1. The zero-order chi connectivity index (χ0) is 28.7. The van der Waals surface area contributed by atoms with E-state index in [9.17, 15) is 31.8 Å².